The Labute approximate surface area is 114 Å². The van der Waals surface area contributed by atoms with Crippen molar-refractivity contribution in [3.63, 3.8) is 0 Å². The summed E-state index contributed by atoms with van der Waals surface area (Å²) in [6.07, 6.45) is 1.14. The quantitative estimate of drug-likeness (QED) is 0.632. The number of ketones is 1. The van der Waals surface area contributed by atoms with Crippen molar-refractivity contribution in [1.29, 1.82) is 0 Å². The number of amides is 1. The minimum atomic E-state index is -1.61. The Kier molecular flexibility index (Phi) is 4.11. The van der Waals surface area contributed by atoms with E-state index in [-0.39, 0.29) is 24.4 Å². The van der Waals surface area contributed by atoms with E-state index in [0.29, 0.717) is 12.8 Å². The molecule has 2 rings (SSSR count). The maximum Gasteiger partial charge on any atom is 0.237 e. The van der Waals surface area contributed by atoms with Gasteiger partial charge in [-0.3, -0.25) is 9.59 Å². The molecule has 0 saturated carbocycles. The molecule has 3 nitrogen and oxygen atoms in total. The summed E-state index contributed by atoms with van der Waals surface area (Å²) in [7, 11) is 0. The minimum absolute atomic E-state index is 0.189. The van der Waals surface area contributed by atoms with Crippen molar-refractivity contribution in [2.24, 2.45) is 5.92 Å². The molecule has 6 heteroatoms. The highest BCUT2D eigenvalue weighted by molar-refractivity contribution is 6.08. The number of halogens is 3. The third-order valence-electron chi connectivity index (χ3n) is 3.48. The number of rotatable bonds is 3. The van der Waals surface area contributed by atoms with Crippen molar-refractivity contribution >= 4 is 17.4 Å². The molecule has 20 heavy (non-hydrogen) atoms. The van der Waals surface area contributed by atoms with E-state index in [1.165, 1.54) is 0 Å². The van der Waals surface area contributed by atoms with Crippen molar-refractivity contribution in [1.82, 2.24) is 0 Å². The van der Waals surface area contributed by atoms with E-state index in [4.69, 9.17) is 0 Å². The average Bonchev–Trinajstić information content (AvgIpc) is 2.45. The Hall–Kier alpha value is -1.85. The third-order valence-corrected chi connectivity index (χ3v) is 3.48. The number of benzene rings is 1. The summed E-state index contributed by atoms with van der Waals surface area (Å²) in [6, 6.07) is 1.79. The first-order chi connectivity index (χ1) is 9.47. The SMILES string of the molecule is CCC(=O)C1CCCN(c2ccc(F)c(F)c2F)C1=O. The van der Waals surface area contributed by atoms with E-state index in [1.54, 1.807) is 6.92 Å². The third kappa shape index (κ3) is 2.42. The number of Topliss-reactive ketones (excluding diaryl/α,β-unsaturated/α-hetero) is 1. The summed E-state index contributed by atoms with van der Waals surface area (Å²) in [4.78, 5) is 24.9. The van der Waals surface area contributed by atoms with E-state index in [0.717, 1.165) is 17.0 Å². The molecule has 1 aliphatic rings. The summed E-state index contributed by atoms with van der Waals surface area (Å²) in [5, 5.41) is 0. The molecular formula is C14H14F3NO2. The maximum absolute atomic E-state index is 13.7. The normalized spacial score (nSPS) is 19.3. The van der Waals surface area contributed by atoms with Gasteiger partial charge in [0.25, 0.3) is 0 Å². The van der Waals surface area contributed by atoms with E-state index < -0.39 is 29.3 Å². The molecule has 0 spiro atoms. The van der Waals surface area contributed by atoms with Crippen molar-refractivity contribution in [2.75, 3.05) is 11.4 Å². The van der Waals surface area contributed by atoms with Crippen LogP contribution < -0.4 is 4.90 Å². The topological polar surface area (TPSA) is 37.4 Å². The zero-order chi connectivity index (χ0) is 14.9. The number of piperidine rings is 1. The lowest BCUT2D eigenvalue weighted by Gasteiger charge is -2.31. The predicted octanol–water partition coefficient (Wildman–Crippen LogP) is 2.83. The van der Waals surface area contributed by atoms with Crippen LogP contribution in [0.25, 0.3) is 0 Å². The average molecular weight is 285 g/mol. The summed E-state index contributed by atoms with van der Waals surface area (Å²) < 4.78 is 39.9. The van der Waals surface area contributed by atoms with Gasteiger partial charge in [0, 0.05) is 13.0 Å². The molecule has 1 aliphatic heterocycles. The molecular weight excluding hydrogens is 271 g/mol. The largest absolute Gasteiger partial charge is 0.309 e. The van der Waals surface area contributed by atoms with E-state index >= 15 is 0 Å². The number of hydrogen-bond acceptors (Lipinski definition) is 2. The van der Waals surface area contributed by atoms with Gasteiger partial charge >= 0.3 is 0 Å². The first-order valence-electron chi connectivity index (χ1n) is 6.45. The number of carbonyl (C=O) groups excluding carboxylic acids is 2. The Bertz CT molecular complexity index is 560. The second kappa shape index (κ2) is 5.64. The van der Waals surface area contributed by atoms with Gasteiger partial charge in [-0.1, -0.05) is 6.92 Å². The van der Waals surface area contributed by atoms with E-state index in [2.05, 4.69) is 0 Å². The Balaban J connectivity index is 2.35. The van der Waals surface area contributed by atoms with Gasteiger partial charge in [0.15, 0.2) is 17.5 Å². The fraction of sp³-hybridized carbons (Fsp3) is 0.429. The molecule has 1 heterocycles. The highest BCUT2D eigenvalue weighted by Gasteiger charge is 2.35. The summed E-state index contributed by atoms with van der Waals surface area (Å²) in [5.41, 5.74) is -0.317. The molecule has 108 valence electrons. The fourth-order valence-electron chi connectivity index (χ4n) is 2.38. The molecule has 1 saturated heterocycles. The van der Waals surface area contributed by atoms with Crippen molar-refractivity contribution in [2.45, 2.75) is 26.2 Å². The van der Waals surface area contributed by atoms with Crippen LogP contribution in [0.2, 0.25) is 0 Å². The summed E-state index contributed by atoms with van der Waals surface area (Å²) in [6.45, 7) is 1.83. The monoisotopic (exact) mass is 285 g/mol. The van der Waals surface area contributed by atoms with E-state index in [1.807, 2.05) is 0 Å². The van der Waals surface area contributed by atoms with Crippen LogP contribution >= 0.6 is 0 Å². The van der Waals surface area contributed by atoms with Gasteiger partial charge in [0.2, 0.25) is 5.91 Å². The molecule has 0 bridgehead atoms. The lowest BCUT2D eigenvalue weighted by molar-refractivity contribution is -0.133. The zero-order valence-corrected chi connectivity index (χ0v) is 11.0. The molecule has 1 unspecified atom stereocenters. The van der Waals surface area contributed by atoms with Gasteiger partial charge in [0.05, 0.1) is 11.6 Å². The fourth-order valence-corrected chi connectivity index (χ4v) is 2.38. The first kappa shape index (κ1) is 14.6. The summed E-state index contributed by atoms with van der Waals surface area (Å²) in [5.74, 6) is -5.91. The Morgan fingerprint density at radius 1 is 1.30 bits per heavy atom. The predicted molar refractivity (Wildman–Crippen MR) is 66.7 cm³/mol. The van der Waals surface area contributed by atoms with Crippen LogP contribution in [0.5, 0.6) is 0 Å². The standard InChI is InChI=1S/C14H14F3NO2/c1-2-11(19)8-4-3-7-18(14(8)20)10-6-5-9(15)12(16)13(10)17/h5-6,8H,2-4,7H2,1H3. The van der Waals surface area contributed by atoms with Crippen molar-refractivity contribution in [3.05, 3.63) is 29.6 Å². The van der Waals surface area contributed by atoms with Crippen LogP contribution in [0.1, 0.15) is 26.2 Å². The lowest BCUT2D eigenvalue weighted by atomic mass is 9.91. The van der Waals surface area contributed by atoms with Crippen LogP contribution in [-0.2, 0) is 9.59 Å². The molecule has 1 aromatic rings. The molecule has 1 fully saturated rings. The van der Waals surface area contributed by atoms with Gasteiger partial charge in [-0.15, -0.1) is 0 Å². The van der Waals surface area contributed by atoms with Crippen molar-refractivity contribution < 1.29 is 22.8 Å². The van der Waals surface area contributed by atoms with Gasteiger partial charge < -0.3 is 4.90 Å². The highest BCUT2D eigenvalue weighted by Crippen LogP contribution is 2.29. The Morgan fingerprint density at radius 3 is 2.65 bits per heavy atom. The van der Waals surface area contributed by atoms with Gasteiger partial charge in [-0.2, -0.15) is 0 Å². The highest BCUT2D eigenvalue weighted by atomic mass is 19.2. The first-order valence-corrected chi connectivity index (χ1v) is 6.45. The van der Waals surface area contributed by atoms with Crippen LogP contribution in [0, 0.1) is 23.4 Å². The second-order valence-corrected chi connectivity index (χ2v) is 4.70. The van der Waals surface area contributed by atoms with Crippen molar-refractivity contribution in [3.8, 4) is 0 Å². The minimum Gasteiger partial charge on any atom is -0.309 e. The molecule has 0 aliphatic carbocycles. The number of nitrogens with zero attached hydrogens (tertiary/aromatic N) is 1. The van der Waals surface area contributed by atoms with Crippen LogP contribution in [0.15, 0.2) is 12.1 Å². The maximum atomic E-state index is 13.7. The number of anilines is 1. The van der Waals surface area contributed by atoms with Crippen LogP contribution in [0.3, 0.4) is 0 Å². The lowest BCUT2D eigenvalue weighted by Crippen LogP contribution is -2.44. The molecule has 1 aromatic carbocycles. The zero-order valence-electron chi connectivity index (χ0n) is 11.0. The number of hydrogen-bond donors (Lipinski definition) is 0. The molecule has 1 atom stereocenters. The molecule has 1 amide bonds. The molecule has 0 radical (unpaired) electrons. The van der Waals surface area contributed by atoms with Gasteiger partial charge in [-0.25, -0.2) is 13.2 Å². The molecule has 0 N–H and O–H groups in total. The van der Waals surface area contributed by atoms with Gasteiger partial charge in [-0.05, 0) is 25.0 Å². The number of carbonyl (C=O) groups is 2. The smallest absolute Gasteiger partial charge is 0.237 e. The second-order valence-electron chi connectivity index (χ2n) is 4.70. The molecule has 0 aromatic heterocycles. The van der Waals surface area contributed by atoms with E-state index in [9.17, 15) is 22.8 Å². The van der Waals surface area contributed by atoms with Crippen LogP contribution in [-0.4, -0.2) is 18.2 Å². The summed E-state index contributed by atoms with van der Waals surface area (Å²) >= 11 is 0. The van der Waals surface area contributed by atoms with Crippen LogP contribution in [0.4, 0.5) is 18.9 Å². The van der Waals surface area contributed by atoms with Gasteiger partial charge in [0.1, 0.15) is 5.78 Å². The Morgan fingerprint density at radius 2 is 2.00 bits per heavy atom.